The predicted molar refractivity (Wildman–Crippen MR) is 87.9 cm³/mol. The fraction of sp³-hybridized carbons (Fsp3) is 0.385. The summed E-state index contributed by atoms with van der Waals surface area (Å²) in [5, 5.41) is 25.3. The van der Waals surface area contributed by atoms with E-state index in [2.05, 4.69) is 15.5 Å². The monoisotopic (exact) mass is 398 g/mol. The summed E-state index contributed by atoms with van der Waals surface area (Å²) in [6.07, 6.45) is -1.32. The van der Waals surface area contributed by atoms with Crippen LogP contribution >= 0.6 is 23.1 Å². The molecular weight excluding hydrogens is 388 g/mol. The van der Waals surface area contributed by atoms with E-state index < -0.39 is 30.3 Å². The van der Waals surface area contributed by atoms with Crippen molar-refractivity contribution in [2.24, 2.45) is 5.18 Å². The number of fused-ring (bicyclic) bond motifs is 2. The van der Waals surface area contributed by atoms with E-state index in [1.165, 1.54) is 22.0 Å². The Hall–Kier alpha value is -2.51. The van der Waals surface area contributed by atoms with Gasteiger partial charge in [-0.2, -0.15) is 0 Å². The summed E-state index contributed by atoms with van der Waals surface area (Å²) in [4.78, 5) is 51.1. The average Bonchev–Trinajstić information content (AvgIpc) is 3.17. The van der Waals surface area contributed by atoms with Crippen molar-refractivity contribution in [2.45, 2.75) is 23.7 Å². The van der Waals surface area contributed by atoms with Gasteiger partial charge in [0.15, 0.2) is 5.13 Å². The quantitative estimate of drug-likeness (QED) is 0.346. The van der Waals surface area contributed by atoms with Gasteiger partial charge in [-0.1, -0.05) is 0 Å². The maximum atomic E-state index is 12.4. The molecule has 13 heteroatoms. The second kappa shape index (κ2) is 6.03. The fourth-order valence-corrected chi connectivity index (χ4v) is 5.02. The van der Waals surface area contributed by atoms with E-state index in [4.69, 9.17) is 9.84 Å². The first kappa shape index (κ1) is 16.9. The van der Waals surface area contributed by atoms with Crippen molar-refractivity contribution in [1.29, 1.82) is 0 Å². The van der Waals surface area contributed by atoms with Gasteiger partial charge in [-0.05, 0) is 5.18 Å². The molecule has 4 heterocycles. The summed E-state index contributed by atoms with van der Waals surface area (Å²) >= 11 is 2.40. The van der Waals surface area contributed by atoms with Crippen LogP contribution in [0.3, 0.4) is 0 Å². The molecule has 4 unspecified atom stereocenters. The number of hydrogen-bond acceptors (Lipinski definition) is 11. The molecule has 1 fully saturated rings. The number of thiazole rings is 1. The molecule has 1 aromatic heterocycles. The number of aliphatic carboxylic acids is 1. The zero-order chi connectivity index (χ0) is 18.6. The SMILES string of the molecule is O=NC(C(=O)O)c1csc(NC2C(=O)N3C4=C(CSC23)C(O)OC4=O)n1. The van der Waals surface area contributed by atoms with E-state index in [0.29, 0.717) is 11.3 Å². The van der Waals surface area contributed by atoms with Crippen molar-refractivity contribution in [3.05, 3.63) is 27.3 Å². The third-order valence-corrected chi connectivity index (χ3v) is 6.22. The number of thioether (sulfide) groups is 1. The number of carboxylic acid groups (broad SMARTS) is 1. The molecule has 1 aromatic rings. The van der Waals surface area contributed by atoms with E-state index in [9.17, 15) is 24.4 Å². The molecule has 4 rings (SSSR count). The molecule has 0 aliphatic carbocycles. The van der Waals surface area contributed by atoms with Crippen LogP contribution in [0.1, 0.15) is 11.7 Å². The van der Waals surface area contributed by atoms with E-state index in [0.717, 1.165) is 11.3 Å². The third-order valence-electron chi connectivity index (χ3n) is 4.13. The van der Waals surface area contributed by atoms with Crippen molar-refractivity contribution in [1.82, 2.24) is 9.88 Å². The van der Waals surface area contributed by atoms with E-state index >= 15 is 0 Å². The molecule has 26 heavy (non-hydrogen) atoms. The summed E-state index contributed by atoms with van der Waals surface area (Å²) in [6, 6.07) is -2.28. The third kappa shape index (κ3) is 2.39. The van der Waals surface area contributed by atoms with Crippen molar-refractivity contribution in [3.63, 3.8) is 0 Å². The Kier molecular flexibility index (Phi) is 3.93. The van der Waals surface area contributed by atoms with Crippen LogP contribution in [0.15, 0.2) is 21.8 Å². The van der Waals surface area contributed by atoms with E-state index in [1.54, 1.807) is 0 Å². The van der Waals surface area contributed by atoms with Gasteiger partial charge in [0.1, 0.15) is 17.1 Å². The Labute approximate surface area is 153 Å². The number of cyclic esters (lactones) is 1. The zero-order valence-electron chi connectivity index (χ0n) is 12.7. The number of carbonyl (C=O) groups excluding carboxylic acids is 2. The van der Waals surface area contributed by atoms with Gasteiger partial charge in [0, 0.05) is 16.7 Å². The number of hydrogen-bond donors (Lipinski definition) is 3. The van der Waals surface area contributed by atoms with Gasteiger partial charge in [-0.3, -0.25) is 9.69 Å². The smallest absolute Gasteiger partial charge is 0.357 e. The Bertz CT molecular complexity index is 868. The predicted octanol–water partition coefficient (Wildman–Crippen LogP) is -0.140. The van der Waals surface area contributed by atoms with Crippen LogP contribution in [0.25, 0.3) is 0 Å². The number of nitrogens with one attached hydrogen (secondary N) is 1. The molecule has 1 amide bonds. The topological polar surface area (TPSA) is 158 Å². The minimum atomic E-state index is -1.61. The number of nitrogens with zero attached hydrogens (tertiary/aromatic N) is 3. The van der Waals surface area contributed by atoms with Gasteiger partial charge >= 0.3 is 11.9 Å². The van der Waals surface area contributed by atoms with E-state index in [-0.39, 0.29) is 27.8 Å². The highest BCUT2D eigenvalue weighted by molar-refractivity contribution is 8.00. The van der Waals surface area contributed by atoms with Gasteiger partial charge in [-0.15, -0.1) is 28.0 Å². The lowest BCUT2D eigenvalue weighted by molar-refractivity contribution is -0.156. The zero-order valence-corrected chi connectivity index (χ0v) is 14.3. The molecule has 0 bridgehead atoms. The number of aliphatic hydroxyl groups is 1. The largest absolute Gasteiger partial charge is 0.479 e. The number of carboxylic acids is 1. The van der Waals surface area contributed by atoms with Gasteiger partial charge in [0.05, 0.1) is 5.69 Å². The highest BCUT2D eigenvalue weighted by Gasteiger charge is 2.56. The number of carbonyl (C=O) groups is 3. The number of ether oxygens (including phenoxy) is 1. The highest BCUT2D eigenvalue weighted by Crippen LogP contribution is 2.45. The minimum absolute atomic E-state index is 0.0209. The van der Waals surface area contributed by atoms with Gasteiger partial charge in [0.2, 0.25) is 12.3 Å². The summed E-state index contributed by atoms with van der Waals surface area (Å²) in [5.41, 5.74) is 0.438. The Morgan fingerprint density at radius 2 is 2.27 bits per heavy atom. The molecule has 0 aromatic carbocycles. The Morgan fingerprint density at radius 1 is 1.50 bits per heavy atom. The molecule has 3 aliphatic rings. The second-order valence-electron chi connectivity index (χ2n) is 5.59. The van der Waals surface area contributed by atoms with Crippen molar-refractivity contribution < 1.29 is 29.3 Å². The van der Waals surface area contributed by atoms with Gasteiger partial charge in [-0.25, -0.2) is 14.6 Å². The molecule has 1 saturated heterocycles. The first-order valence-corrected chi connectivity index (χ1v) is 9.19. The molecule has 0 spiro atoms. The van der Waals surface area contributed by atoms with Crippen molar-refractivity contribution >= 4 is 46.1 Å². The number of anilines is 1. The van der Waals surface area contributed by atoms with Gasteiger partial charge in [0.25, 0.3) is 5.91 Å². The number of aliphatic hydroxyl groups excluding tert-OH is 1. The molecule has 3 N–H and O–H groups in total. The molecule has 136 valence electrons. The highest BCUT2D eigenvalue weighted by atomic mass is 32.2. The van der Waals surface area contributed by atoms with Crippen molar-refractivity contribution in [2.75, 3.05) is 11.1 Å². The lowest BCUT2D eigenvalue weighted by Crippen LogP contribution is -2.67. The summed E-state index contributed by atoms with van der Waals surface area (Å²) in [6.45, 7) is 0. The van der Waals surface area contributed by atoms with Crippen LogP contribution in [-0.2, 0) is 19.1 Å². The first-order valence-electron chi connectivity index (χ1n) is 7.26. The lowest BCUT2D eigenvalue weighted by atomic mass is 10.0. The average molecular weight is 398 g/mol. The van der Waals surface area contributed by atoms with Crippen LogP contribution in [-0.4, -0.2) is 61.4 Å². The fourth-order valence-electron chi connectivity index (χ4n) is 2.89. The maximum Gasteiger partial charge on any atom is 0.357 e. The van der Waals surface area contributed by atoms with Crippen LogP contribution in [0, 0.1) is 4.91 Å². The number of β-lactam (4-membered cyclic amide) rings is 1. The molecule has 3 aliphatic heterocycles. The number of rotatable bonds is 5. The summed E-state index contributed by atoms with van der Waals surface area (Å²) < 4.78 is 4.74. The summed E-state index contributed by atoms with van der Waals surface area (Å²) in [5.74, 6) is -2.19. The normalized spacial score (nSPS) is 28.0. The molecule has 0 saturated carbocycles. The van der Waals surface area contributed by atoms with Crippen molar-refractivity contribution in [3.8, 4) is 0 Å². The number of amides is 1. The van der Waals surface area contributed by atoms with Crippen LogP contribution in [0.5, 0.6) is 0 Å². The summed E-state index contributed by atoms with van der Waals surface area (Å²) in [7, 11) is 0. The van der Waals surface area contributed by atoms with Crippen LogP contribution in [0.4, 0.5) is 5.13 Å². The molecular formula is C13H10N4O7S2. The minimum Gasteiger partial charge on any atom is -0.479 e. The molecule has 11 nitrogen and oxygen atoms in total. The van der Waals surface area contributed by atoms with Crippen LogP contribution < -0.4 is 5.32 Å². The number of nitroso groups, excluding NO2 is 1. The maximum absolute atomic E-state index is 12.4. The molecule has 0 radical (unpaired) electrons. The van der Waals surface area contributed by atoms with Gasteiger partial charge < -0.3 is 20.3 Å². The van der Waals surface area contributed by atoms with E-state index in [1.807, 2.05) is 0 Å². The Morgan fingerprint density at radius 3 is 2.96 bits per heavy atom. The Balaban J connectivity index is 1.51. The number of aromatic nitrogens is 1. The van der Waals surface area contributed by atoms with Crippen LogP contribution in [0.2, 0.25) is 0 Å². The first-order chi connectivity index (χ1) is 12.4. The standard InChI is InChI=1S/C13H10N4O7S2/c18-8-6(15-13-14-4(2-26-13)5(16-23)10(19)20)9-17(8)7-3(1-25-9)11(21)24-12(7)22/h2,5-6,9,11,21H,1H2,(H,14,15)(H,19,20). The second-order valence-corrected chi connectivity index (χ2v) is 7.55. The lowest BCUT2D eigenvalue weighted by Gasteiger charge is -2.48. The molecule has 4 atom stereocenters. The number of esters is 1.